The smallest absolute Gasteiger partial charge is 0.261 e. The SMILES string of the molecule is CS(=O)(=O)O.[N-]=[N+]=N[C@@H]1CCC[C@H](OCc2ccccc2)C1. The predicted octanol–water partition coefficient (Wildman–Crippen LogP) is 3.33. The van der Waals surface area contributed by atoms with Crippen LogP contribution >= 0.6 is 0 Å². The van der Waals surface area contributed by atoms with Gasteiger partial charge in [-0.2, -0.15) is 8.42 Å². The van der Waals surface area contributed by atoms with Gasteiger partial charge >= 0.3 is 0 Å². The molecule has 1 saturated carbocycles. The van der Waals surface area contributed by atoms with Crippen LogP contribution in [0.3, 0.4) is 0 Å². The van der Waals surface area contributed by atoms with Crippen molar-refractivity contribution in [1.29, 1.82) is 0 Å². The lowest BCUT2D eigenvalue weighted by atomic mass is 9.93. The number of ether oxygens (including phenoxy) is 1. The molecule has 1 aromatic rings. The highest BCUT2D eigenvalue weighted by Crippen LogP contribution is 2.24. The van der Waals surface area contributed by atoms with Crippen molar-refractivity contribution in [1.82, 2.24) is 0 Å². The zero-order valence-corrected chi connectivity index (χ0v) is 13.3. The second kappa shape index (κ2) is 9.42. The molecule has 0 aliphatic heterocycles. The maximum absolute atomic E-state index is 9.19. The van der Waals surface area contributed by atoms with E-state index in [1.807, 2.05) is 18.2 Å². The summed E-state index contributed by atoms with van der Waals surface area (Å²) in [5, 5.41) is 3.79. The highest BCUT2D eigenvalue weighted by molar-refractivity contribution is 7.85. The third-order valence-corrected chi connectivity index (χ3v) is 3.14. The Morgan fingerprint density at radius 3 is 2.59 bits per heavy atom. The normalized spacial score (nSPS) is 21.2. The van der Waals surface area contributed by atoms with Gasteiger partial charge in [0.15, 0.2) is 0 Å². The fourth-order valence-corrected chi connectivity index (χ4v) is 2.24. The summed E-state index contributed by atoms with van der Waals surface area (Å²) in [5.41, 5.74) is 9.62. The van der Waals surface area contributed by atoms with E-state index in [1.165, 1.54) is 5.56 Å². The van der Waals surface area contributed by atoms with E-state index in [-0.39, 0.29) is 12.1 Å². The molecule has 0 amide bonds. The van der Waals surface area contributed by atoms with Crippen LogP contribution in [0.15, 0.2) is 35.4 Å². The van der Waals surface area contributed by atoms with Gasteiger partial charge in [-0.1, -0.05) is 41.9 Å². The predicted molar refractivity (Wildman–Crippen MR) is 83.9 cm³/mol. The van der Waals surface area contributed by atoms with Crippen molar-refractivity contribution in [3.63, 3.8) is 0 Å². The molecule has 0 saturated heterocycles. The molecule has 1 N–H and O–H groups in total. The Bertz CT molecular complexity index is 577. The maximum atomic E-state index is 9.19. The minimum absolute atomic E-state index is 0.120. The van der Waals surface area contributed by atoms with Gasteiger partial charge in [-0.15, -0.1) is 0 Å². The summed E-state index contributed by atoms with van der Waals surface area (Å²) in [5.74, 6) is 0. The molecule has 1 aromatic carbocycles. The van der Waals surface area contributed by atoms with Gasteiger partial charge in [0.25, 0.3) is 10.1 Å². The van der Waals surface area contributed by atoms with E-state index < -0.39 is 10.1 Å². The lowest BCUT2D eigenvalue weighted by molar-refractivity contribution is 0.0123. The lowest BCUT2D eigenvalue weighted by Crippen LogP contribution is -2.24. The van der Waals surface area contributed by atoms with Gasteiger partial charge in [-0.25, -0.2) is 0 Å². The van der Waals surface area contributed by atoms with E-state index >= 15 is 0 Å². The van der Waals surface area contributed by atoms with Crippen LogP contribution in [0.5, 0.6) is 0 Å². The van der Waals surface area contributed by atoms with Gasteiger partial charge in [0, 0.05) is 11.0 Å². The summed E-state index contributed by atoms with van der Waals surface area (Å²) in [6, 6.07) is 10.3. The monoisotopic (exact) mass is 327 g/mol. The molecule has 0 aromatic heterocycles. The number of hydrogen-bond donors (Lipinski definition) is 1. The van der Waals surface area contributed by atoms with Crippen LogP contribution in [0.2, 0.25) is 0 Å². The van der Waals surface area contributed by atoms with Gasteiger partial charge in [-0.3, -0.25) is 4.55 Å². The van der Waals surface area contributed by atoms with E-state index in [0.29, 0.717) is 12.9 Å². The van der Waals surface area contributed by atoms with Crippen LogP contribution in [-0.4, -0.2) is 31.4 Å². The van der Waals surface area contributed by atoms with Crippen molar-refractivity contribution in [2.45, 2.75) is 44.4 Å². The average Bonchev–Trinajstić information content (AvgIpc) is 2.45. The average molecular weight is 327 g/mol. The Morgan fingerprint density at radius 2 is 2.00 bits per heavy atom. The molecule has 22 heavy (non-hydrogen) atoms. The number of rotatable bonds is 4. The van der Waals surface area contributed by atoms with E-state index in [2.05, 4.69) is 22.2 Å². The van der Waals surface area contributed by atoms with Crippen molar-refractivity contribution in [3.8, 4) is 0 Å². The Balaban J connectivity index is 0.000000422. The molecule has 7 nitrogen and oxygen atoms in total. The number of nitrogens with zero attached hydrogens (tertiary/aromatic N) is 3. The van der Waals surface area contributed by atoms with Gasteiger partial charge in [0.1, 0.15) is 0 Å². The van der Waals surface area contributed by atoms with Crippen molar-refractivity contribution in [2.24, 2.45) is 5.11 Å². The van der Waals surface area contributed by atoms with Crippen molar-refractivity contribution in [3.05, 3.63) is 46.3 Å². The molecule has 1 aliphatic carbocycles. The Kier molecular flexibility index (Phi) is 7.90. The van der Waals surface area contributed by atoms with Gasteiger partial charge in [0.05, 0.1) is 19.0 Å². The topological polar surface area (TPSA) is 112 Å². The number of azide groups is 1. The van der Waals surface area contributed by atoms with E-state index in [0.717, 1.165) is 25.7 Å². The fourth-order valence-electron chi connectivity index (χ4n) is 2.24. The van der Waals surface area contributed by atoms with Crippen LogP contribution < -0.4 is 0 Å². The summed E-state index contributed by atoms with van der Waals surface area (Å²) in [6.45, 7) is 0.647. The number of hydrogen-bond acceptors (Lipinski definition) is 4. The molecule has 2 atom stereocenters. The molecule has 1 fully saturated rings. The third-order valence-electron chi connectivity index (χ3n) is 3.14. The van der Waals surface area contributed by atoms with Gasteiger partial charge in [0.2, 0.25) is 0 Å². The van der Waals surface area contributed by atoms with E-state index in [9.17, 15) is 8.42 Å². The van der Waals surface area contributed by atoms with Crippen LogP contribution in [0, 0.1) is 0 Å². The molecular formula is C14H21N3O4S. The van der Waals surface area contributed by atoms with Gasteiger partial charge in [-0.05, 0) is 30.4 Å². The second-order valence-electron chi connectivity index (χ2n) is 5.18. The molecule has 1 aliphatic rings. The zero-order valence-electron chi connectivity index (χ0n) is 12.5. The summed E-state index contributed by atoms with van der Waals surface area (Å²) in [6.07, 6.45) is 4.96. The van der Waals surface area contributed by atoms with Crippen molar-refractivity contribution in [2.75, 3.05) is 6.26 Å². The summed E-state index contributed by atoms with van der Waals surface area (Å²) < 4.78 is 31.7. The second-order valence-corrected chi connectivity index (χ2v) is 6.64. The summed E-state index contributed by atoms with van der Waals surface area (Å²) in [4.78, 5) is 2.88. The Hall–Kier alpha value is -1.60. The minimum Gasteiger partial charge on any atom is -0.374 e. The molecule has 2 rings (SSSR count). The minimum atomic E-state index is -3.67. The van der Waals surface area contributed by atoms with Crippen LogP contribution in [0.4, 0.5) is 0 Å². The van der Waals surface area contributed by atoms with Crippen molar-refractivity contribution < 1.29 is 17.7 Å². The third kappa shape index (κ3) is 9.36. The molecule has 0 spiro atoms. The standard InChI is InChI=1S/C13H17N3O.CH4O3S/c14-16-15-12-7-4-8-13(9-12)17-10-11-5-2-1-3-6-11;1-5(2,3)4/h1-3,5-6,12-13H,4,7-10H2;1H3,(H,2,3,4)/t12-,13+;/m1./s1. The van der Waals surface area contributed by atoms with Gasteiger partial charge < -0.3 is 4.74 Å². The molecule has 0 heterocycles. The highest BCUT2D eigenvalue weighted by Gasteiger charge is 2.21. The molecule has 0 unspecified atom stereocenters. The first-order valence-corrected chi connectivity index (χ1v) is 8.85. The molecule has 122 valence electrons. The first-order chi connectivity index (χ1) is 10.4. The largest absolute Gasteiger partial charge is 0.374 e. The Morgan fingerprint density at radius 1 is 1.36 bits per heavy atom. The fraction of sp³-hybridized carbons (Fsp3) is 0.571. The Labute approximate surface area is 130 Å². The van der Waals surface area contributed by atoms with E-state index in [4.69, 9.17) is 14.8 Å². The maximum Gasteiger partial charge on any atom is 0.261 e. The lowest BCUT2D eigenvalue weighted by Gasteiger charge is -2.26. The highest BCUT2D eigenvalue weighted by atomic mass is 32.2. The molecule has 8 heteroatoms. The number of benzene rings is 1. The van der Waals surface area contributed by atoms with Crippen LogP contribution in [0.25, 0.3) is 10.4 Å². The summed E-state index contributed by atoms with van der Waals surface area (Å²) in [7, 11) is -3.67. The summed E-state index contributed by atoms with van der Waals surface area (Å²) >= 11 is 0. The molecule has 0 bridgehead atoms. The van der Waals surface area contributed by atoms with Crippen LogP contribution in [-0.2, 0) is 21.5 Å². The van der Waals surface area contributed by atoms with Crippen molar-refractivity contribution >= 4 is 10.1 Å². The molecular weight excluding hydrogens is 306 g/mol. The quantitative estimate of drug-likeness (QED) is 0.395. The van der Waals surface area contributed by atoms with E-state index in [1.54, 1.807) is 0 Å². The first kappa shape index (κ1) is 18.4. The first-order valence-electron chi connectivity index (χ1n) is 7.00. The molecule has 0 radical (unpaired) electrons. The zero-order chi connectivity index (χ0) is 16.4. The van der Waals surface area contributed by atoms with Crippen LogP contribution in [0.1, 0.15) is 31.2 Å².